The van der Waals surface area contributed by atoms with Gasteiger partial charge in [-0.3, -0.25) is 0 Å². The molecule has 0 heterocycles. The summed E-state index contributed by atoms with van der Waals surface area (Å²) in [4.78, 5) is 0.0997. The second-order valence-electron chi connectivity index (χ2n) is 2.06. The van der Waals surface area contributed by atoms with E-state index in [0.717, 1.165) is 0 Å². The molecule has 1 aromatic carbocycles. The Balaban J connectivity index is 3.02. The van der Waals surface area contributed by atoms with Crippen LogP contribution in [-0.2, 0) is 0 Å². The van der Waals surface area contributed by atoms with Crippen LogP contribution in [0.3, 0.4) is 0 Å². The van der Waals surface area contributed by atoms with Gasteiger partial charge in [0, 0.05) is 6.07 Å². The summed E-state index contributed by atoms with van der Waals surface area (Å²) in [5.41, 5.74) is 0.219. The number of hydrogen-bond acceptors (Lipinski definition) is 3. The molecular formula is C7H8N2O3. The SMILES string of the molecule is COc1cccc(/[N+]([O-])=N/O)c1. The Morgan fingerprint density at radius 2 is 2.33 bits per heavy atom. The molecule has 0 fully saturated rings. The highest BCUT2D eigenvalue weighted by Gasteiger charge is 2.03. The van der Waals surface area contributed by atoms with Crippen LogP contribution in [0.1, 0.15) is 0 Å². The first-order valence-corrected chi connectivity index (χ1v) is 3.24. The lowest BCUT2D eigenvalue weighted by Gasteiger charge is -1.99. The smallest absolute Gasteiger partial charge is 0.251 e. The highest BCUT2D eigenvalue weighted by molar-refractivity contribution is 5.37. The third-order valence-corrected chi connectivity index (χ3v) is 1.36. The van der Waals surface area contributed by atoms with E-state index in [9.17, 15) is 5.21 Å². The summed E-state index contributed by atoms with van der Waals surface area (Å²) in [5.74, 6) is 0.539. The van der Waals surface area contributed by atoms with Gasteiger partial charge in [-0.15, -0.1) is 0 Å². The molecule has 1 aromatic rings. The lowest BCUT2D eigenvalue weighted by atomic mass is 10.3. The van der Waals surface area contributed by atoms with E-state index < -0.39 is 0 Å². The molecule has 0 aliphatic rings. The van der Waals surface area contributed by atoms with Crippen molar-refractivity contribution >= 4 is 5.69 Å². The van der Waals surface area contributed by atoms with Crippen LogP contribution in [0, 0.1) is 5.21 Å². The highest BCUT2D eigenvalue weighted by Crippen LogP contribution is 2.18. The van der Waals surface area contributed by atoms with Crippen LogP contribution in [0.4, 0.5) is 5.69 Å². The van der Waals surface area contributed by atoms with E-state index >= 15 is 0 Å². The van der Waals surface area contributed by atoms with Gasteiger partial charge in [-0.2, -0.15) is 0 Å². The standard InChI is InChI=1S/C7H8N2O3/c1-12-7-4-2-3-6(5-7)9(11)8-10/h2-5,10H,1H3/b9-8-. The Bertz CT molecular complexity index is 298. The van der Waals surface area contributed by atoms with Crippen molar-refractivity contribution in [2.24, 2.45) is 5.28 Å². The zero-order chi connectivity index (χ0) is 8.97. The minimum atomic E-state index is 0.0997. The fraction of sp³-hybridized carbons (Fsp3) is 0.143. The zero-order valence-electron chi connectivity index (χ0n) is 6.47. The first kappa shape index (κ1) is 8.32. The van der Waals surface area contributed by atoms with Crippen LogP contribution in [-0.4, -0.2) is 17.2 Å². The largest absolute Gasteiger partial charge is 0.592 e. The summed E-state index contributed by atoms with van der Waals surface area (Å²) in [6, 6.07) is 6.29. The quantitative estimate of drug-likeness (QED) is 0.415. The van der Waals surface area contributed by atoms with Crippen molar-refractivity contribution in [2.75, 3.05) is 7.11 Å². The molecule has 0 unspecified atom stereocenters. The first-order chi connectivity index (χ1) is 5.77. The summed E-state index contributed by atoms with van der Waals surface area (Å²) in [6.45, 7) is 0. The monoisotopic (exact) mass is 168 g/mol. The summed E-state index contributed by atoms with van der Waals surface area (Å²) in [7, 11) is 1.49. The Morgan fingerprint density at radius 3 is 2.92 bits per heavy atom. The van der Waals surface area contributed by atoms with Crippen molar-refractivity contribution < 1.29 is 14.8 Å². The Hall–Kier alpha value is -1.78. The van der Waals surface area contributed by atoms with Gasteiger partial charge in [-0.05, 0) is 10.9 Å². The van der Waals surface area contributed by atoms with E-state index in [1.807, 2.05) is 0 Å². The van der Waals surface area contributed by atoms with Gasteiger partial charge in [0.15, 0.2) is 0 Å². The third-order valence-electron chi connectivity index (χ3n) is 1.36. The lowest BCUT2D eigenvalue weighted by Crippen LogP contribution is -1.91. The first-order valence-electron chi connectivity index (χ1n) is 3.24. The van der Waals surface area contributed by atoms with Gasteiger partial charge in [0.1, 0.15) is 5.75 Å². The number of methoxy groups -OCH3 is 1. The van der Waals surface area contributed by atoms with Crippen LogP contribution in [0.2, 0.25) is 0 Å². The molecule has 0 aliphatic carbocycles. The van der Waals surface area contributed by atoms with Gasteiger partial charge >= 0.3 is 0 Å². The number of ether oxygens (including phenoxy) is 1. The normalized spacial score (nSPS) is 11.2. The Kier molecular flexibility index (Phi) is 2.47. The van der Waals surface area contributed by atoms with Crippen LogP contribution < -0.4 is 4.74 Å². The van der Waals surface area contributed by atoms with Crippen molar-refractivity contribution in [1.82, 2.24) is 0 Å². The summed E-state index contributed by atoms with van der Waals surface area (Å²) < 4.78 is 4.86. The molecule has 0 saturated heterocycles. The van der Waals surface area contributed by atoms with E-state index in [1.165, 1.54) is 19.2 Å². The van der Waals surface area contributed by atoms with Gasteiger partial charge in [0.25, 0.3) is 5.69 Å². The predicted octanol–water partition coefficient (Wildman–Crippen LogP) is 1.68. The second-order valence-corrected chi connectivity index (χ2v) is 2.06. The molecule has 5 nitrogen and oxygen atoms in total. The second kappa shape index (κ2) is 3.56. The van der Waals surface area contributed by atoms with Crippen molar-refractivity contribution in [3.05, 3.63) is 29.5 Å². The van der Waals surface area contributed by atoms with Crippen LogP contribution in [0.15, 0.2) is 29.5 Å². The van der Waals surface area contributed by atoms with E-state index in [1.54, 1.807) is 12.1 Å². The Labute approximate surface area is 69.1 Å². The maximum Gasteiger partial charge on any atom is 0.251 e. The molecule has 0 bridgehead atoms. The molecule has 5 heteroatoms. The zero-order valence-corrected chi connectivity index (χ0v) is 6.47. The molecule has 0 radical (unpaired) electrons. The summed E-state index contributed by atoms with van der Waals surface area (Å²) >= 11 is 0. The predicted molar refractivity (Wildman–Crippen MR) is 40.5 cm³/mol. The van der Waals surface area contributed by atoms with Gasteiger partial charge in [-0.1, -0.05) is 6.07 Å². The van der Waals surface area contributed by atoms with Crippen molar-refractivity contribution in [3.63, 3.8) is 0 Å². The third kappa shape index (κ3) is 1.63. The molecule has 1 N–H and O–H groups in total. The number of hydrogen-bond donors (Lipinski definition) is 1. The molecule has 0 aromatic heterocycles. The molecule has 64 valence electrons. The molecule has 0 spiro atoms. The van der Waals surface area contributed by atoms with Crippen molar-refractivity contribution in [1.29, 1.82) is 0 Å². The van der Waals surface area contributed by atoms with E-state index in [-0.39, 0.29) is 10.5 Å². The maximum atomic E-state index is 10.7. The highest BCUT2D eigenvalue weighted by atomic mass is 16.6. The molecule has 12 heavy (non-hydrogen) atoms. The van der Waals surface area contributed by atoms with Gasteiger partial charge in [-0.25, -0.2) is 0 Å². The minimum absolute atomic E-state index is 0.0997. The average Bonchev–Trinajstić information content (AvgIpc) is 2.17. The van der Waals surface area contributed by atoms with Crippen molar-refractivity contribution in [2.45, 2.75) is 0 Å². The van der Waals surface area contributed by atoms with Crippen LogP contribution in [0.25, 0.3) is 0 Å². The number of rotatable bonds is 2. The topological polar surface area (TPSA) is 67.9 Å². The molecule has 0 saturated carbocycles. The lowest BCUT2D eigenvalue weighted by molar-refractivity contribution is -0.473. The van der Waals surface area contributed by atoms with E-state index in [2.05, 4.69) is 5.28 Å². The van der Waals surface area contributed by atoms with E-state index in [0.29, 0.717) is 5.75 Å². The summed E-state index contributed by atoms with van der Waals surface area (Å²) in [6.07, 6.45) is 0. The van der Waals surface area contributed by atoms with Crippen LogP contribution in [0.5, 0.6) is 5.75 Å². The van der Waals surface area contributed by atoms with E-state index in [4.69, 9.17) is 9.94 Å². The molecule has 0 atom stereocenters. The molecule has 1 rings (SSSR count). The van der Waals surface area contributed by atoms with Crippen LogP contribution >= 0.6 is 0 Å². The fourth-order valence-corrected chi connectivity index (χ4v) is 0.781. The molecule has 0 aliphatic heterocycles. The Morgan fingerprint density at radius 1 is 1.58 bits per heavy atom. The summed E-state index contributed by atoms with van der Waals surface area (Å²) in [5, 5.41) is 21.3. The maximum absolute atomic E-state index is 10.7. The molecule has 0 amide bonds. The number of nitrogens with zero attached hydrogens (tertiary/aromatic N) is 2. The molecular weight excluding hydrogens is 160 g/mol. The van der Waals surface area contributed by atoms with Gasteiger partial charge in [0.2, 0.25) is 5.28 Å². The van der Waals surface area contributed by atoms with Crippen molar-refractivity contribution in [3.8, 4) is 5.75 Å². The van der Waals surface area contributed by atoms with Gasteiger partial charge < -0.3 is 15.2 Å². The average molecular weight is 168 g/mol. The minimum Gasteiger partial charge on any atom is -0.592 e. The van der Waals surface area contributed by atoms with Gasteiger partial charge in [0.05, 0.1) is 13.2 Å². The number of benzene rings is 1. The fourth-order valence-electron chi connectivity index (χ4n) is 0.781.